The van der Waals surface area contributed by atoms with Crippen molar-refractivity contribution in [1.82, 2.24) is 15.0 Å². The molecule has 7 nitrogen and oxygen atoms in total. The molecule has 1 N–H and O–H groups in total. The van der Waals surface area contributed by atoms with Crippen LogP contribution in [0.15, 0.2) is 42.9 Å². The molecule has 3 aromatic rings. The van der Waals surface area contributed by atoms with Crippen LogP contribution in [-0.2, 0) is 0 Å². The molecule has 3 heterocycles. The first-order valence-corrected chi connectivity index (χ1v) is 6.57. The van der Waals surface area contributed by atoms with Crippen molar-refractivity contribution in [1.29, 1.82) is 0 Å². The number of aromatic nitrogens is 3. The van der Waals surface area contributed by atoms with Gasteiger partial charge in [0.05, 0.1) is 5.56 Å². The average Bonchev–Trinajstić information content (AvgIpc) is 3.02. The van der Waals surface area contributed by atoms with Crippen molar-refractivity contribution in [2.24, 2.45) is 0 Å². The zero-order valence-electron chi connectivity index (χ0n) is 11.3. The van der Waals surface area contributed by atoms with Crippen molar-refractivity contribution in [3.05, 3.63) is 48.4 Å². The summed E-state index contributed by atoms with van der Waals surface area (Å²) in [6.07, 6.45) is 4.59. The van der Waals surface area contributed by atoms with Crippen LogP contribution in [0.25, 0.3) is 11.2 Å². The summed E-state index contributed by atoms with van der Waals surface area (Å²) < 4.78 is 10.5. The van der Waals surface area contributed by atoms with E-state index in [-0.39, 0.29) is 12.7 Å². The molecule has 0 bridgehead atoms. The minimum atomic E-state index is -0.279. The number of carbonyl (C=O) groups is 1. The van der Waals surface area contributed by atoms with Gasteiger partial charge in [-0.15, -0.1) is 0 Å². The summed E-state index contributed by atoms with van der Waals surface area (Å²) >= 11 is 0. The molecule has 0 fully saturated rings. The zero-order chi connectivity index (χ0) is 14.9. The lowest BCUT2D eigenvalue weighted by Crippen LogP contribution is -2.12. The maximum atomic E-state index is 12.3. The smallest absolute Gasteiger partial charge is 0.257 e. The van der Waals surface area contributed by atoms with E-state index in [0.717, 1.165) is 0 Å². The number of benzene rings is 1. The molecule has 1 aliphatic rings. The van der Waals surface area contributed by atoms with Gasteiger partial charge < -0.3 is 14.8 Å². The van der Waals surface area contributed by atoms with E-state index in [0.29, 0.717) is 33.9 Å². The highest BCUT2D eigenvalue weighted by atomic mass is 16.7. The summed E-state index contributed by atoms with van der Waals surface area (Å²) in [5.74, 6) is 1.000. The molecule has 0 saturated heterocycles. The summed E-state index contributed by atoms with van der Waals surface area (Å²) in [5.41, 5.74) is 2.10. The first kappa shape index (κ1) is 12.5. The number of pyridine rings is 1. The van der Waals surface area contributed by atoms with Gasteiger partial charge in [-0.05, 0) is 18.2 Å². The maximum absolute atomic E-state index is 12.3. The van der Waals surface area contributed by atoms with E-state index in [9.17, 15) is 4.79 Å². The lowest BCUT2D eigenvalue weighted by molar-refractivity contribution is 0.102. The van der Waals surface area contributed by atoms with E-state index < -0.39 is 0 Å². The summed E-state index contributed by atoms with van der Waals surface area (Å²) in [6.45, 7) is 0.194. The molecule has 0 saturated carbocycles. The molecule has 1 amide bonds. The van der Waals surface area contributed by atoms with Crippen molar-refractivity contribution in [3.63, 3.8) is 0 Å². The van der Waals surface area contributed by atoms with Gasteiger partial charge in [0.15, 0.2) is 17.1 Å². The van der Waals surface area contributed by atoms with E-state index in [2.05, 4.69) is 20.3 Å². The molecule has 0 atom stereocenters. The standard InChI is InChI=1S/C15H10N4O3/c20-15(9-5-11-14(18-7-9)17-4-3-16-11)19-10-1-2-12-13(6-10)22-8-21-12/h1-7H,8H2,(H,19,20). The summed E-state index contributed by atoms with van der Waals surface area (Å²) in [4.78, 5) is 24.6. The topological polar surface area (TPSA) is 86.2 Å². The van der Waals surface area contributed by atoms with Crippen LogP contribution in [0.5, 0.6) is 11.5 Å². The van der Waals surface area contributed by atoms with Crippen LogP contribution in [0.3, 0.4) is 0 Å². The highest BCUT2D eigenvalue weighted by Crippen LogP contribution is 2.34. The highest BCUT2D eigenvalue weighted by Gasteiger charge is 2.15. The Balaban J connectivity index is 1.60. The van der Waals surface area contributed by atoms with E-state index in [4.69, 9.17) is 9.47 Å². The van der Waals surface area contributed by atoms with E-state index >= 15 is 0 Å². The Morgan fingerprint density at radius 2 is 1.91 bits per heavy atom. The molecule has 1 aromatic carbocycles. The number of ether oxygens (including phenoxy) is 2. The Bertz CT molecular complexity index is 882. The van der Waals surface area contributed by atoms with Crippen molar-refractivity contribution >= 4 is 22.8 Å². The third kappa shape index (κ3) is 2.18. The van der Waals surface area contributed by atoms with Crippen LogP contribution < -0.4 is 14.8 Å². The Labute approximate surface area is 124 Å². The summed E-state index contributed by atoms with van der Waals surface area (Å²) in [6, 6.07) is 6.87. The monoisotopic (exact) mass is 294 g/mol. The van der Waals surface area contributed by atoms with Gasteiger partial charge in [0.1, 0.15) is 5.52 Å². The predicted octanol–water partition coefficient (Wildman–Crippen LogP) is 2.01. The Kier molecular flexibility index (Phi) is 2.82. The van der Waals surface area contributed by atoms with Gasteiger partial charge in [0.25, 0.3) is 5.91 Å². The molecule has 22 heavy (non-hydrogen) atoms. The van der Waals surface area contributed by atoms with Crippen LogP contribution in [-0.4, -0.2) is 27.7 Å². The second-order valence-corrected chi connectivity index (χ2v) is 4.65. The number of carbonyl (C=O) groups excluding carboxylic acids is 1. The molecule has 7 heteroatoms. The van der Waals surface area contributed by atoms with Crippen LogP contribution in [0, 0.1) is 0 Å². The number of hydrogen-bond acceptors (Lipinski definition) is 6. The molecule has 4 rings (SSSR count). The van der Waals surface area contributed by atoms with Gasteiger partial charge in [-0.3, -0.25) is 9.78 Å². The number of fused-ring (bicyclic) bond motifs is 2. The molecule has 0 unspecified atom stereocenters. The fraction of sp³-hybridized carbons (Fsp3) is 0.0667. The Hall–Kier alpha value is -3.22. The number of amides is 1. The summed E-state index contributed by atoms with van der Waals surface area (Å²) in [7, 11) is 0. The minimum Gasteiger partial charge on any atom is -0.454 e. The molecular formula is C15H10N4O3. The Morgan fingerprint density at radius 3 is 2.86 bits per heavy atom. The number of nitrogens with one attached hydrogen (secondary N) is 1. The second kappa shape index (κ2) is 4.96. The van der Waals surface area contributed by atoms with Gasteiger partial charge in [-0.1, -0.05) is 0 Å². The van der Waals surface area contributed by atoms with Gasteiger partial charge in [-0.2, -0.15) is 0 Å². The maximum Gasteiger partial charge on any atom is 0.257 e. The minimum absolute atomic E-state index is 0.194. The van der Waals surface area contributed by atoms with E-state index in [1.165, 1.54) is 6.20 Å². The molecule has 0 spiro atoms. The van der Waals surface area contributed by atoms with Crippen LogP contribution in [0.2, 0.25) is 0 Å². The fourth-order valence-corrected chi connectivity index (χ4v) is 2.16. The van der Waals surface area contributed by atoms with Crippen molar-refractivity contribution in [2.45, 2.75) is 0 Å². The molecule has 0 aliphatic carbocycles. The van der Waals surface area contributed by atoms with E-state index in [1.807, 2.05) is 0 Å². The predicted molar refractivity (Wildman–Crippen MR) is 77.9 cm³/mol. The third-order valence-corrected chi connectivity index (χ3v) is 3.22. The van der Waals surface area contributed by atoms with E-state index in [1.54, 1.807) is 36.7 Å². The van der Waals surface area contributed by atoms with Gasteiger partial charge in [-0.25, -0.2) is 9.97 Å². The van der Waals surface area contributed by atoms with Gasteiger partial charge >= 0.3 is 0 Å². The molecule has 2 aromatic heterocycles. The SMILES string of the molecule is O=C(Nc1ccc2c(c1)OCO2)c1cnc2nccnc2c1. The normalized spacial score (nSPS) is 12.4. The first-order valence-electron chi connectivity index (χ1n) is 6.57. The van der Waals surface area contributed by atoms with Crippen molar-refractivity contribution < 1.29 is 14.3 Å². The largest absolute Gasteiger partial charge is 0.454 e. The number of rotatable bonds is 2. The lowest BCUT2D eigenvalue weighted by atomic mass is 10.2. The van der Waals surface area contributed by atoms with Crippen LogP contribution >= 0.6 is 0 Å². The molecular weight excluding hydrogens is 284 g/mol. The molecule has 0 radical (unpaired) electrons. The van der Waals surface area contributed by atoms with Gasteiger partial charge in [0.2, 0.25) is 6.79 Å². The lowest BCUT2D eigenvalue weighted by Gasteiger charge is -2.06. The average molecular weight is 294 g/mol. The zero-order valence-corrected chi connectivity index (χ0v) is 11.3. The molecule has 1 aliphatic heterocycles. The number of nitrogens with zero attached hydrogens (tertiary/aromatic N) is 3. The highest BCUT2D eigenvalue weighted by molar-refractivity contribution is 6.05. The second-order valence-electron chi connectivity index (χ2n) is 4.65. The molecule has 108 valence electrons. The number of anilines is 1. The summed E-state index contributed by atoms with van der Waals surface area (Å²) in [5, 5.41) is 2.79. The third-order valence-electron chi connectivity index (χ3n) is 3.22. The first-order chi connectivity index (χ1) is 10.8. The quantitative estimate of drug-likeness (QED) is 0.778. The van der Waals surface area contributed by atoms with Crippen LogP contribution in [0.1, 0.15) is 10.4 Å². The Morgan fingerprint density at radius 1 is 1.05 bits per heavy atom. The fourth-order valence-electron chi connectivity index (χ4n) is 2.16. The van der Waals surface area contributed by atoms with Crippen molar-refractivity contribution in [3.8, 4) is 11.5 Å². The van der Waals surface area contributed by atoms with Crippen LogP contribution in [0.4, 0.5) is 5.69 Å². The van der Waals surface area contributed by atoms with Gasteiger partial charge in [0, 0.05) is 30.3 Å². The number of hydrogen-bond donors (Lipinski definition) is 1. The van der Waals surface area contributed by atoms with Crippen molar-refractivity contribution in [2.75, 3.05) is 12.1 Å².